The van der Waals surface area contributed by atoms with Crippen LogP contribution in [0.25, 0.3) is 5.57 Å². The SMILES string of the molecule is CCN(CC)C(=O)C1=C(C)N=c2s/c(=C3\C(=O)N(Cc4ccc(Cl)cc4)c4ccccc43)c(=O)n2[C@H]1c1cc(OC)ccc1OC. The van der Waals surface area contributed by atoms with Crippen LogP contribution in [0, 0.1) is 0 Å². The summed E-state index contributed by atoms with van der Waals surface area (Å²) in [6, 6.07) is 19.2. The first-order valence-electron chi connectivity index (χ1n) is 14.9. The van der Waals surface area contributed by atoms with Crippen LogP contribution in [0.1, 0.15) is 43.5 Å². The number of likely N-dealkylation sites (N-methyl/N-ethyl adjacent to an activating group) is 1. The predicted octanol–water partition coefficient (Wildman–Crippen LogP) is 4.69. The quantitative estimate of drug-likeness (QED) is 0.274. The normalized spacial score (nSPS) is 16.6. The summed E-state index contributed by atoms with van der Waals surface area (Å²) < 4.78 is 13.1. The van der Waals surface area contributed by atoms with E-state index in [1.165, 1.54) is 4.57 Å². The van der Waals surface area contributed by atoms with Crippen LogP contribution in [-0.2, 0) is 16.1 Å². The number of carbonyl (C=O) groups excluding carboxylic acids is 2. The topological polar surface area (TPSA) is 93.4 Å². The number of methoxy groups -OCH3 is 2. The summed E-state index contributed by atoms with van der Waals surface area (Å²) in [5, 5.41) is 0.607. The van der Waals surface area contributed by atoms with Gasteiger partial charge >= 0.3 is 0 Å². The number of carbonyl (C=O) groups is 2. The number of anilines is 1. The van der Waals surface area contributed by atoms with Crippen molar-refractivity contribution >= 4 is 46.0 Å². The third-order valence-corrected chi connectivity index (χ3v) is 9.72. The van der Waals surface area contributed by atoms with Crippen LogP contribution in [0.5, 0.6) is 11.5 Å². The average molecular weight is 657 g/mol. The number of para-hydroxylation sites is 1. The van der Waals surface area contributed by atoms with Gasteiger partial charge in [-0.1, -0.05) is 53.3 Å². The number of ether oxygens (including phenoxy) is 2. The Bertz CT molecular complexity index is 2080. The second-order valence-electron chi connectivity index (χ2n) is 10.9. The molecule has 0 spiro atoms. The molecule has 1 aromatic heterocycles. The number of hydrogen-bond donors (Lipinski definition) is 0. The summed E-state index contributed by atoms with van der Waals surface area (Å²) >= 11 is 7.25. The third-order valence-electron chi connectivity index (χ3n) is 8.41. The fourth-order valence-electron chi connectivity index (χ4n) is 6.10. The molecule has 4 aromatic rings. The lowest BCUT2D eigenvalue weighted by atomic mass is 9.93. The highest BCUT2D eigenvalue weighted by Gasteiger charge is 2.38. The number of thiazole rings is 1. The summed E-state index contributed by atoms with van der Waals surface area (Å²) in [6.07, 6.45) is 0. The van der Waals surface area contributed by atoms with Crippen molar-refractivity contribution in [1.82, 2.24) is 9.47 Å². The lowest BCUT2D eigenvalue weighted by Crippen LogP contribution is -2.43. The van der Waals surface area contributed by atoms with Crippen LogP contribution in [0.4, 0.5) is 5.69 Å². The summed E-state index contributed by atoms with van der Waals surface area (Å²) in [5.74, 6) is 0.519. The Hall–Kier alpha value is -4.67. The van der Waals surface area contributed by atoms with Gasteiger partial charge in [0.25, 0.3) is 17.4 Å². The molecule has 11 heteroatoms. The number of halogens is 1. The first-order valence-corrected chi connectivity index (χ1v) is 16.1. The van der Waals surface area contributed by atoms with Crippen molar-refractivity contribution in [3.8, 4) is 11.5 Å². The number of fused-ring (bicyclic) bond motifs is 2. The molecule has 2 aliphatic heterocycles. The second kappa shape index (κ2) is 12.6. The molecule has 0 N–H and O–H groups in total. The Morgan fingerprint density at radius 3 is 2.39 bits per heavy atom. The highest BCUT2D eigenvalue weighted by molar-refractivity contribution is 7.07. The molecular weight excluding hydrogens is 624 g/mol. The molecule has 2 aliphatic rings. The van der Waals surface area contributed by atoms with E-state index in [0.717, 1.165) is 16.9 Å². The number of benzene rings is 3. The molecule has 6 rings (SSSR count). The minimum atomic E-state index is -0.874. The fraction of sp³-hybridized carbons (Fsp3) is 0.257. The third kappa shape index (κ3) is 5.21. The van der Waals surface area contributed by atoms with Crippen molar-refractivity contribution in [2.75, 3.05) is 32.2 Å². The van der Waals surface area contributed by atoms with Crippen molar-refractivity contribution in [1.29, 1.82) is 0 Å². The maximum atomic E-state index is 14.7. The largest absolute Gasteiger partial charge is 0.497 e. The summed E-state index contributed by atoms with van der Waals surface area (Å²) in [6.45, 7) is 6.87. The van der Waals surface area contributed by atoms with Crippen molar-refractivity contribution in [2.45, 2.75) is 33.4 Å². The van der Waals surface area contributed by atoms with E-state index in [2.05, 4.69) is 0 Å². The van der Waals surface area contributed by atoms with E-state index >= 15 is 0 Å². The summed E-state index contributed by atoms with van der Waals surface area (Å²) in [7, 11) is 3.10. The zero-order valence-corrected chi connectivity index (χ0v) is 27.7. The van der Waals surface area contributed by atoms with Gasteiger partial charge in [0.05, 0.1) is 43.3 Å². The average Bonchev–Trinajstić information content (AvgIpc) is 3.53. The van der Waals surface area contributed by atoms with Gasteiger partial charge in [0.2, 0.25) is 0 Å². The molecule has 236 valence electrons. The minimum absolute atomic E-state index is 0.226. The van der Waals surface area contributed by atoms with Crippen molar-refractivity contribution in [2.24, 2.45) is 4.99 Å². The predicted molar refractivity (Wildman–Crippen MR) is 179 cm³/mol. The van der Waals surface area contributed by atoms with E-state index in [1.54, 1.807) is 61.3 Å². The second-order valence-corrected chi connectivity index (χ2v) is 12.3. The molecule has 0 saturated heterocycles. The number of aromatic nitrogens is 1. The van der Waals surface area contributed by atoms with E-state index in [9.17, 15) is 14.4 Å². The van der Waals surface area contributed by atoms with Crippen LogP contribution < -0.4 is 29.3 Å². The molecule has 0 saturated carbocycles. The smallest absolute Gasteiger partial charge is 0.271 e. The molecule has 1 atom stereocenters. The van der Waals surface area contributed by atoms with Crippen molar-refractivity contribution in [3.05, 3.63) is 119 Å². The van der Waals surface area contributed by atoms with Gasteiger partial charge in [-0.3, -0.25) is 19.0 Å². The first kappa shape index (κ1) is 31.3. The molecule has 0 aliphatic carbocycles. The van der Waals surface area contributed by atoms with E-state index < -0.39 is 11.6 Å². The van der Waals surface area contributed by atoms with Gasteiger partial charge in [-0.15, -0.1) is 0 Å². The molecule has 2 amide bonds. The van der Waals surface area contributed by atoms with Gasteiger partial charge in [0.15, 0.2) is 4.80 Å². The number of nitrogens with zero attached hydrogens (tertiary/aromatic N) is 4. The molecule has 0 radical (unpaired) electrons. The van der Waals surface area contributed by atoms with Crippen LogP contribution in [0.3, 0.4) is 0 Å². The zero-order chi connectivity index (χ0) is 32.7. The van der Waals surface area contributed by atoms with E-state index in [1.807, 2.05) is 50.2 Å². The van der Waals surface area contributed by atoms with Crippen molar-refractivity contribution < 1.29 is 19.1 Å². The zero-order valence-electron chi connectivity index (χ0n) is 26.2. The molecule has 0 bridgehead atoms. The summed E-state index contributed by atoms with van der Waals surface area (Å²) in [5.41, 5.74) is 3.60. The molecular formula is C35H33ClN4O5S. The molecule has 0 unspecified atom stereocenters. The highest BCUT2D eigenvalue weighted by atomic mass is 35.5. The minimum Gasteiger partial charge on any atom is -0.497 e. The van der Waals surface area contributed by atoms with E-state index in [0.29, 0.717) is 74.6 Å². The van der Waals surface area contributed by atoms with Gasteiger partial charge in [0.1, 0.15) is 22.1 Å². The lowest BCUT2D eigenvalue weighted by molar-refractivity contribution is -0.127. The number of rotatable bonds is 8. The molecule has 3 aromatic carbocycles. The molecule has 0 fully saturated rings. The van der Waals surface area contributed by atoms with Crippen molar-refractivity contribution in [3.63, 3.8) is 0 Å². The Morgan fingerprint density at radius 2 is 1.72 bits per heavy atom. The van der Waals surface area contributed by atoms with Crippen LogP contribution in [0.15, 0.2) is 87.8 Å². The number of allylic oxidation sites excluding steroid dienone is 1. The van der Waals surface area contributed by atoms with Gasteiger partial charge < -0.3 is 19.3 Å². The summed E-state index contributed by atoms with van der Waals surface area (Å²) in [4.78, 5) is 51.5. The van der Waals surface area contributed by atoms with Gasteiger partial charge in [-0.25, -0.2) is 4.99 Å². The standard InChI is InChI=1S/C35H33ClN4O5S/c1-6-38(7-2)32(41)28-20(3)37-35-40(30(28)25-18-23(44-4)16-17-27(25)45-5)34(43)31(46-35)29-24-10-8-9-11-26(24)39(33(29)42)19-21-12-14-22(36)15-13-21/h8-18,30H,6-7,19H2,1-5H3/b31-29-/t30-/m0/s1. The molecule has 9 nitrogen and oxygen atoms in total. The Balaban J connectivity index is 1.61. The Labute approximate surface area is 275 Å². The van der Waals surface area contributed by atoms with Gasteiger partial charge in [0, 0.05) is 29.2 Å². The van der Waals surface area contributed by atoms with Crippen LogP contribution in [-0.4, -0.2) is 48.6 Å². The maximum Gasteiger partial charge on any atom is 0.271 e. The Kier molecular flexibility index (Phi) is 8.59. The highest BCUT2D eigenvalue weighted by Crippen LogP contribution is 2.39. The Morgan fingerprint density at radius 1 is 1.00 bits per heavy atom. The van der Waals surface area contributed by atoms with Crippen LogP contribution >= 0.6 is 22.9 Å². The number of hydrogen-bond acceptors (Lipinski definition) is 7. The molecule has 3 heterocycles. The maximum absolute atomic E-state index is 14.7. The first-order chi connectivity index (χ1) is 22.2. The van der Waals surface area contributed by atoms with E-state index in [-0.39, 0.29) is 16.3 Å². The lowest BCUT2D eigenvalue weighted by Gasteiger charge is -2.30. The van der Waals surface area contributed by atoms with Gasteiger partial charge in [-0.05, 0) is 62.7 Å². The van der Waals surface area contributed by atoms with Gasteiger partial charge in [-0.2, -0.15) is 0 Å². The number of amides is 2. The van der Waals surface area contributed by atoms with Crippen LogP contribution in [0.2, 0.25) is 5.02 Å². The van der Waals surface area contributed by atoms with E-state index in [4.69, 9.17) is 26.1 Å². The fourth-order valence-corrected chi connectivity index (χ4v) is 7.37. The monoisotopic (exact) mass is 656 g/mol. The molecule has 46 heavy (non-hydrogen) atoms.